The average Bonchev–Trinajstić information content (AvgIpc) is 3.30. The van der Waals surface area contributed by atoms with Crippen LogP contribution in [0.15, 0.2) is 54.6 Å². The van der Waals surface area contributed by atoms with Gasteiger partial charge in [0.2, 0.25) is 5.91 Å². The summed E-state index contributed by atoms with van der Waals surface area (Å²) in [6.07, 6.45) is 2.15. The molecule has 0 aliphatic carbocycles. The van der Waals surface area contributed by atoms with Crippen molar-refractivity contribution in [3.63, 3.8) is 0 Å². The third kappa shape index (κ3) is 4.31. The van der Waals surface area contributed by atoms with Crippen molar-refractivity contribution in [3.05, 3.63) is 70.7 Å². The largest absolute Gasteiger partial charge is 0.341 e. The van der Waals surface area contributed by atoms with Crippen molar-refractivity contribution in [3.8, 4) is 0 Å². The smallest absolute Gasteiger partial charge is 0.255 e. The molecule has 152 valence electrons. The fourth-order valence-corrected chi connectivity index (χ4v) is 4.46. The number of amides is 2. The van der Waals surface area contributed by atoms with E-state index in [1.165, 1.54) is 0 Å². The van der Waals surface area contributed by atoms with Crippen LogP contribution in [0, 0.1) is 0 Å². The van der Waals surface area contributed by atoms with Gasteiger partial charge in [-0.1, -0.05) is 54.1 Å². The van der Waals surface area contributed by atoms with Crippen LogP contribution in [-0.2, 0) is 4.79 Å². The summed E-state index contributed by atoms with van der Waals surface area (Å²) in [7, 11) is 0. The van der Waals surface area contributed by atoms with Crippen molar-refractivity contribution in [1.29, 1.82) is 0 Å². The number of nitrogens with zero attached hydrogens (tertiary/aromatic N) is 3. The van der Waals surface area contributed by atoms with Crippen LogP contribution in [0.3, 0.4) is 0 Å². The van der Waals surface area contributed by atoms with E-state index in [0.29, 0.717) is 36.8 Å². The number of hydrogen-bond acceptors (Lipinski definition) is 3. The van der Waals surface area contributed by atoms with Crippen molar-refractivity contribution in [2.24, 2.45) is 0 Å². The van der Waals surface area contributed by atoms with Crippen LogP contribution in [0.5, 0.6) is 0 Å². The van der Waals surface area contributed by atoms with Crippen LogP contribution in [0.1, 0.15) is 34.8 Å². The zero-order valence-electron chi connectivity index (χ0n) is 16.5. The molecule has 0 bridgehead atoms. The van der Waals surface area contributed by atoms with Gasteiger partial charge in [0, 0.05) is 39.3 Å². The number of rotatable bonds is 4. The summed E-state index contributed by atoms with van der Waals surface area (Å²) in [5.41, 5.74) is 1.56. The van der Waals surface area contributed by atoms with E-state index in [9.17, 15) is 9.59 Å². The molecule has 1 atom stereocenters. The van der Waals surface area contributed by atoms with Gasteiger partial charge in [-0.15, -0.1) is 0 Å². The van der Waals surface area contributed by atoms with Crippen LogP contribution in [0.2, 0.25) is 5.02 Å². The van der Waals surface area contributed by atoms with Gasteiger partial charge in [0.15, 0.2) is 0 Å². The second-order valence-electron chi connectivity index (χ2n) is 7.65. The highest BCUT2D eigenvalue weighted by molar-refractivity contribution is 6.33. The molecule has 0 saturated carbocycles. The predicted octanol–water partition coefficient (Wildman–Crippen LogP) is 3.46. The Labute approximate surface area is 176 Å². The molecule has 6 heteroatoms. The first-order chi connectivity index (χ1) is 14.1. The van der Waals surface area contributed by atoms with Gasteiger partial charge in [-0.2, -0.15) is 0 Å². The summed E-state index contributed by atoms with van der Waals surface area (Å²) in [6, 6.07) is 16.9. The highest BCUT2D eigenvalue weighted by atomic mass is 35.5. The highest BCUT2D eigenvalue weighted by Crippen LogP contribution is 2.27. The van der Waals surface area contributed by atoms with Crippen molar-refractivity contribution >= 4 is 23.4 Å². The van der Waals surface area contributed by atoms with Crippen molar-refractivity contribution in [1.82, 2.24) is 14.7 Å². The number of carbonyl (C=O) groups is 2. The summed E-state index contributed by atoms with van der Waals surface area (Å²) >= 11 is 6.20. The lowest BCUT2D eigenvalue weighted by molar-refractivity contribution is -0.136. The van der Waals surface area contributed by atoms with Crippen LogP contribution >= 0.6 is 11.6 Å². The SMILES string of the molecule is O=C(c1ccccc1Cl)N1CCN([C@@H](C(=O)N2CCCC2)c2ccccc2)CC1. The summed E-state index contributed by atoms with van der Waals surface area (Å²) in [4.78, 5) is 32.2. The van der Waals surface area contributed by atoms with E-state index >= 15 is 0 Å². The summed E-state index contributed by atoms with van der Waals surface area (Å²) in [6.45, 7) is 4.17. The lowest BCUT2D eigenvalue weighted by Crippen LogP contribution is -2.52. The fraction of sp³-hybridized carbons (Fsp3) is 0.391. The first-order valence-corrected chi connectivity index (χ1v) is 10.6. The quantitative estimate of drug-likeness (QED) is 0.773. The fourth-order valence-electron chi connectivity index (χ4n) is 4.24. The Kier molecular flexibility index (Phi) is 6.16. The topological polar surface area (TPSA) is 43.9 Å². The Hall–Kier alpha value is -2.37. The zero-order chi connectivity index (χ0) is 20.2. The molecular formula is C23H26ClN3O2. The van der Waals surface area contributed by atoms with Crippen molar-refractivity contribution in [2.75, 3.05) is 39.3 Å². The maximum absolute atomic E-state index is 13.3. The van der Waals surface area contributed by atoms with Gasteiger partial charge in [0.25, 0.3) is 5.91 Å². The number of piperazine rings is 1. The Morgan fingerprint density at radius 1 is 0.759 bits per heavy atom. The van der Waals surface area contributed by atoms with Crippen LogP contribution in [0.4, 0.5) is 0 Å². The molecular weight excluding hydrogens is 386 g/mol. The summed E-state index contributed by atoms with van der Waals surface area (Å²) in [5, 5.41) is 0.478. The van der Waals surface area contributed by atoms with E-state index in [1.54, 1.807) is 12.1 Å². The molecule has 2 aromatic rings. The molecule has 0 spiro atoms. The third-order valence-electron chi connectivity index (χ3n) is 5.84. The van der Waals surface area contributed by atoms with E-state index in [4.69, 9.17) is 11.6 Å². The molecule has 2 fully saturated rings. The van der Waals surface area contributed by atoms with Gasteiger partial charge < -0.3 is 9.80 Å². The lowest BCUT2D eigenvalue weighted by Gasteiger charge is -2.40. The maximum atomic E-state index is 13.3. The minimum absolute atomic E-state index is 0.0441. The Morgan fingerprint density at radius 3 is 2.03 bits per heavy atom. The number of likely N-dealkylation sites (tertiary alicyclic amines) is 1. The average molecular weight is 412 g/mol. The second kappa shape index (κ2) is 8.97. The molecule has 29 heavy (non-hydrogen) atoms. The Balaban J connectivity index is 1.49. The molecule has 0 radical (unpaired) electrons. The van der Waals surface area contributed by atoms with Crippen molar-refractivity contribution in [2.45, 2.75) is 18.9 Å². The minimum atomic E-state index is -0.285. The van der Waals surface area contributed by atoms with Gasteiger partial charge in [0.1, 0.15) is 6.04 Å². The van der Waals surface area contributed by atoms with Gasteiger partial charge >= 0.3 is 0 Å². The molecule has 2 heterocycles. The van der Waals surface area contributed by atoms with Gasteiger partial charge in [0.05, 0.1) is 10.6 Å². The van der Waals surface area contributed by atoms with E-state index in [2.05, 4.69) is 4.90 Å². The second-order valence-corrected chi connectivity index (χ2v) is 8.06. The summed E-state index contributed by atoms with van der Waals surface area (Å²) < 4.78 is 0. The standard InChI is InChI=1S/C23H26ClN3O2/c24-20-11-5-4-10-19(20)22(28)27-16-14-25(15-17-27)21(18-8-2-1-3-9-18)23(29)26-12-6-7-13-26/h1-5,8-11,21H,6-7,12-17H2/t21-/m1/s1. The van der Waals surface area contributed by atoms with E-state index < -0.39 is 0 Å². The zero-order valence-corrected chi connectivity index (χ0v) is 17.2. The van der Waals surface area contributed by atoms with E-state index in [0.717, 1.165) is 31.5 Å². The minimum Gasteiger partial charge on any atom is -0.341 e. The van der Waals surface area contributed by atoms with Crippen LogP contribution < -0.4 is 0 Å². The monoisotopic (exact) mass is 411 g/mol. The predicted molar refractivity (Wildman–Crippen MR) is 114 cm³/mol. The first kappa shape index (κ1) is 19.9. The third-order valence-corrected chi connectivity index (χ3v) is 6.17. The lowest BCUT2D eigenvalue weighted by atomic mass is 10.0. The molecule has 0 unspecified atom stereocenters. The normalized spacial score (nSPS) is 18.7. The molecule has 0 N–H and O–H groups in total. The van der Waals surface area contributed by atoms with Crippen LogP contribution in [-0.4, -0.2) is 65.8 Å². The number of halogens is 1. The summed E-state index contributed by atoms with van der Waals surface area (Å²) in [5.74, 6) is 0.136. The molecule has 5 nitrogen and oxygen atoms in total. The van der Waals surface area contributed by atoms with Gasteiger partial charge in [-0.25, -0.2) is 0 Å². The Morgan fingerprint density at radius 2 is 1.38 bits per heavy atom. The molecule has 2 amide bonds. The number of hydrogen-bond donors (Lipinski definition) is 0. The van der Waals surface area contributed by atoms with Gasteiger partial charge in [-0.05, 0) is 30.5 Å². The van der Waals surface area contributed by atoms with E-state index in [1.807, 2.05) is 52.3 Å². The molecule has 2 aromatic carbocycles. The molecule has 2 aliphatic rings. The van der Waals surface area contributed by atoms with Crippen LogP contribution in [0.25, 0.3) is 0 Å². The van der Waals surface area contributed by atoms with Gasteiger partial charge in [-0.3, -0.25) is 14.5 Å². The highest BCUT2D eigenvalue weighted by Gasteiger charge is 2.35. The maximum Gasteiger partial charge on any atom is 0.255 e. The number of carbonyl (C=O) groups excluding carboxylic acids is 2. The molecule has 0 aromatic heterocycles. The molecule has 2 saturated heterocycles. The first-order valence-electron chi connectivity index (χ1n) is 10.3. The van der Waals surface area contributed by atoms with Crippen molar-refractivity contribution < 1.29 is 9.59 Å². The molecule has 4 rings (SSSR count). The molecule has 2 aliphatic heterocycles. The Bertz CT molecular complexity index is 859. The number of benzene rings is 2. The van der Waals surface area contributed by atoms with E-state index in [-0.39, 0.29) is 17.9 Å².